The van der Waals surface area contributed by atoms with Crippen molar-refractivity contribution >= 4 is 26.8 Å². The second-order valence-electron chi connectivity index (χ2n) is 3.64. The molecule has 17 heavy (non-hydrogen) atoms. The number of fused-ring (bicyclic) bond motifs is 1. The quantitative estimate of drug-likeness (QED) is 0.938. The van der Waals surface area contributed by atoms with E-state index in [0.717, 1.165) is 9.86 Å². The molecule has 1 atom stereocenters. The average Bonchev–Trinajstić information content (AvgIpc) is 2.33. The molecule has 5 heteroatoms. The maximum absolute atomic E-state index is 12.9. The van der Waals surface area contributed by atoms with Crippen LogP contribution in [0, 0.1) is 0 Å². The molecule has 0 aliphatic heterocycles. The summed E-state index contributed by atoms with van der Waals surface area (Å²) in [7, 11) is 1.52. The van der Waals surface area contributed by atoms with Crippen LogP contribution in [0.15, 0.2) is 34.9 Å². The highest BCUT2D eigenvalue weighted by Gasteiger charge is 2.23. The number of pyridine rings is 1. The van der Waals surface area contributed by atoms with E-state index in [1.807, 2.05) is 6.07 Å². The molecule has 2 aromatic rings. The third-order valence-electron chi connectivity index (χ3n) is 2.65. The molecule has 0 radical (unpaired) electrons. The van der Waals surface area contributed by atoms with Crippen molar-refractivity contribution in [3.8, 4) is 0 Å². The number of alkyl halides is 2. The summed E-state index contributed by atoms with van der Waals surface area (Å²) in [4.78, 5) is 4.19. The van der Waals surface area contributed by atoms with Gasteiger partial charge in [0.25, 0.3) is 6.43 Å². The lowest BCUT2D eigenvalue weighted by Crippen LogP contribution is -2.24. The topological polar surface area (TPSA) is 24.9 Å². The molecule has 2 rings (SSSR count). The molecule has 0 bridgehead atoms. The number of aromatic nitrogens is 1. The Morgan fingerprint density at radius 2 is 2.06 bits per heavy atom. The van der Waals surface area contributed by atoms with Gasteiger partial charge in [0, 0.05) is 21.6 Å². The van der Waals surface area contributed by atoms with E-state index in [1.165, 1.54) is 7.05 Å². The van der Waals surface area contributed by atoms with Crippen LogP contribution in [-0.2, 0) is 0 Å². The molecule has 90 valence electrons. The van der Waals surface area contributed by atoms with Gasteiger partial charge in [-0.3, -0.25) is 4.98 Å². The van der Waals surface area contributed by atoms with Gasteiger partial charge in [-0.05, 0) is 19.2 Å². The van der Waals surface area contributed by atoms with Crippen LogP contribution in [0.5, 0.6) is 0 Å². The lowest BCUT2D eigenvalue weighted by atomic mass is 10.0. The van der Waals surface area contributed by atoms with Crippen LogP contribution < -0.4 is 5.32 Å². The van der Waals surface area contributed by atoms with E-state index >= 15 is 0 Å². The molecular weight excluding hydrogens is 290 g/mol. The van der Waals surface area contributed by atoms with Crippen LogP contribution in [0.2, 0.25) is 0 Å². The summed E-state index contributed by atoms with van der Waals surface area (Å²) in [6.45, 7) is 0. The minimum atomic E-state index is -2.47. The normalized spacial score (nSPS) is 13.2. The third kappa shape index (κ3) is 2.30. The van der Waals surface area contributed by atoms with Gasteiger partial charge < -0.3 is 5.32 Å². The van der Waals surface area contributed by atoms with Gasteiger partial charge in [0.2, 0.25) is 0 Å². The number of halogens is 3. The fourth-order valence-corrected chi connectivity index (χ4v) is 2.28. The summed E-state index contributed by atoms with van der Waals surface area (Å²) in [5, 5.41) is 3.46. The zero-order valence-corrected chi connectivity index (χ0v) is 10.7. The van der Waals surface area contributed by atoms with Gasteiger partial charge in [-0.1, -0.05) is 28.1 Å². The summed E-state index contributed by atoms with van der Waals surface area (Å²) >= 11 is 3.39. The predicted molar refractivity (Wildman–Crippen MR) is 67.2 cm³/mol. The lowest BCUT2D eigenvalue weighted by Gasteiger charge is -2.17. The van der Waals surface area contributed by atoms with E-state index in [4.69, 9.17) is 0 Å². The van der Waals surface area contributed by atoms with Crippen molar-refractivity contribution in [2.75, 3.05) is 7.05 Å². The van der Waals surface area contributed by atoms with Crippen LogP contribution in [0.1, 0.15) is 11.6 Å². The van der Waals surface area contributed by atoms with Crippen LogP contribution >= 0.6 is 15.9 Å². The van der Waals surface area contributed by atoms with E-state index in [-0.39, 0.29) is 0 Å². The van der Waals surface area contributed by atoms with Crippen LogP contribution in [-0.4, -0.2) is 18.5 Å². The first-order chi connectivity index (χ1) is 8.15. The molecule has 1 N–H and O–H groups in total. The first kappa shape index (κ1) is 12.4. The first-order valence-corrected chi connectivity index (χ1v) is 5.93. The Morgan fingerprint density at radius 1 is 1.29 bits per heavy atom. The number of nitrogens with one attached hydrogen (secondary N) is 1. The summed E-state index contributed by atoms with van der Waals surface area (Å²) < 4.78 is 26.7. The molecule has 0 saturated heterocycles. The molecule has 0 aliphatic rings. The standard InChI is InChI=1S/C12H11BrF2N2/c1-16-11(12(14)15)8-4-5-9(13)7-3-2-6-17-10(7)8/h2-6,11-12,16H,1H3. The Labute approximate surface area is 106 Å². The zero-order valence-electron chi connectivity index (χ0n) is 9.12. The number of benzene rings is 1. The fourth-order valence-electron chi connectivity index (χ4n) is 1.83. The Hall–Kier alpha value is -1.07. The van der Waals surface area contributed by atoms with Crippen molar-refractivity contribution in [1.82, 2.24) is 10.3 Å². The Bertz CT molecular complexity index is 531. The largest absolute Gasteiger partial charge is 0.308 e. The van der Waals surface area contributed by atoms with Crippen molar-refractivity contribution in [3.05, 3.63) is 40.5 Å². The fraction of sp³-hybridized carbons (Fsp3) is 0.250. The van der Waals surface area contributed by atoms with Crippen molar-refractivity contribution < 1.29 is 8.78 Å². The second kappa shape index (κ2) is 5.06. The number of rotatable bonds is 3. The summed E-state index contributed by atoms with van der Waals surface area (Å²) in [6, 6.07) is 6.08. The van der Waals surface area contributed by atoms with Gasteiger partial charge in [-0.2, -0.15) is 0 Å². The highest BCUT2D eigenvalue weighted by Crippen LogP contribution is 2.30. The van der Waals surface area contributed by atoms with Crippen LogP contribution in [0.25, 0.3) is 10.9 Å². The molecule has 0 spiro atoms. The summed E-state index contributed by atoms with van der Waals surface area (Å²) in [5.41, 5.74) is 1.11. The molecule has 0 aliphatic carbocycles. The highest BCUT2D eigenvalue weighted by molar-refractivity contribution is 9.10. The summed E-state index contributed by atoms with van der Waals surface area (Å²) in [6.07, 6.45) is -0.859. The molecule has 2 nitrogen and oxygen atoms in total. The molecular formula is C12H11BrF2N2. The van der Waals surface area contributed by atoms with Crippen LogP contribution in [0.4, 0.5) is 8.78 Å². The Kier molecular flexibility index (Phi) is 3.69. The molecule has 1 unspecified atom stereocenters. The van der Waals surface area contributed by atoms with Gasteiger partial charge in [-0.25, -0.2) is 8.78 Å². The maximum atomic E-state index is 12.9. The monoisotopic (exact) mass is 300 g/mol. The lowest BCUT2D eigenvalue weighted by molar-refractivity contribution is 0.103. The first-order valence-electron chi connectivity index (χ1n) is 5.13. The van der Waals surface area contributed by atoms with E-state index in [2.05, 4.69) is 26.2 Å². The molecule has 1 aromatic heterocycles. The van der Waals surface area contributed by atoms with Crippen molar-refractivity contribution in [2.24, 2.45) is 0 Å². The average molecular weight is 301 g/mol. The van der Waals surface area contributed by atoms with Crippen molar-refractivity contribution in [1.29, 1.82) is 0 Å². The third-order valence-corrected chi connectivity index (χ3v) is 3.34. The van der Waals surface area contributed by atoms with Crippen LogP contribution in [0.3, 0.4) is 0 Å². The van der Waals surface area contributed by atoms with Crippen molar-refractivity contribution in [2.45, 2.75) is 12.5 Å². The van der Waals surface area contributed by atoms with E-state index in [0.29, 0.717) is 11.1 Å². The maximum Gasteiger partial charge on any atom is 0.257 e. The number of nitrogens with zero attached hydrogens (tertiary/aromatic N) is 1. The molecule has 1 aromatic carbocycles. The molecule has 0 saturated carbocycles. The Balaban J connectivity index is 2.66. The highest BCUT2D eigenvalue weighted by atomic mass is 79.9. The van der Waals surface area contributed by atoms with E-state index in [1.54, 1.807) is 24.4 Å². The zero-order chi connectivity index (χ0) is 12.4. The smallest absolute Gasteiger partial charge is 0.257 e. The minimum absolute atomic E-state index is 0.515. The Morgan fingerprint density at radius 3 is 2.71 bits per heavy atom. The van der Waals surface area contributed by atoms with Gasteiger partial charge in [0.05, 0.1) is 11.6 Å². The number of hydrogen-bond acceptors (Lipinski definition) is 2. The molecule has 0 amide bonds. The molecule has 0 fully saturated rings. The SMILES string of the molecule is CNC(c1ccc(Br)c2cccnc12)C(F)F. The van der Waals surface area contributed by atoms with E-state index in [9.17, 15) is 8.78 Å². The summed E-state index contributed by atoms with van der Waals surface area (Å²) in [5.74, 6) is 0. The van der Waals surface area contributed by atoms with Gasteiger partial charge >= 0.3 is 0 Å². The molecule has 1 heterocycles. The van der Waals surface area contributed by atoms with Gasteiger partial charge in [-0.15, -0.1) is 0 Å². The van der Waals surface area contributed by atoms with Gasteiger partial charge in [0.15, 0.2) is 0 Å². The predicted octanol–water partition coefficient (Wildman–Crippen LogP) is 3.52. The van der Waals surface area contributed by atoms with E-state index < -0.39 is 12.5 Å². The van der Waals surface area contributed by atoms with Crippen molar-refractivity contribution in [3.63, 3.8) is 0 Å². The van der Waals surface area contributed by atoms with Gasteiger partial charge in [0.1, 0.15) is 0 Å². The second-order valence-corrected chi connectivity index (χ2v) is 4.49. The number of hydrogen-bond donors (Lipinski definition) is 1. The minimum Gasteiger partial charge on any atom is -0.308 e.